The van der Waals surface area contributed by atoms with Crippen molar-refractivity contribution < 1.29 is 18.0 Å². The van der Waals surface area contributed by atoms with Gasteiger partial charge >= 0.3 is 6.01 Å². The molecule has 0 saturated carbocycles. The average molecular weight is 536 g/mol. The van der Waals surface area contributed by atoms with Gasteiger partial charge in [-0.15, -0.1) is 12.4 Å². The number of hydrogen-bond donors (Lipinski definition) is 1. The van der Waals surface area contributed by atoms with Gasteiger partial charge in [0.15, 0.2) is 5.82 Å². The van der Waals surface area contributed by atoms with Gasteiger partial charge in [-0.3, -0.25) is 0 Å². The van der Waals surface area contributed by atoms with Gasteiger partial charge in [-0.05, 0) is 42.5 Å². The minimum Gasteiger partial charge on any atom is -0.476 e. The van der Waals surface area contributed by atoms with Gasteiger partial charge < -0.3 is 24.8 Å². The third-order valence-electron chi connectivity index (χ3n) is 6.96. The minimum atomic E-state index is -0.473. The lowest BCUT2D eigenvalue weighted by molar-refractivity contribution is 0.213. The molecule has 0 bridgehead atoms. The highest BCUT2D eigenvalue weighted by Crippen LogP contribution is 2.31. The zero-order valence-corrected chi connectivity index (χ0v) is 21.7. The van der Waals surface area contributed by atoms with E-state index in [0.717, 1.165) is 43.9 Å². The summed E-state index contributed by atoms with van der Waals surface area (Å²) in [6.07, 6.45) is 5.14. The molecule has 2 N–H and O–H groups in total. The molecule has 0 amide bonds. The van der Waals surface area contributed by atoms with Gasteiger partial charge in [-0.1, -0.05) is 19.0 Å². The number of nitrogens with zero attached hydrogens (tertiary/aromatic N) is 6. The highest BCUT2D eigenvalue weighted by Gasteiger charge is 2.34. The minimum absolute atomic E-state index is 0. The number of benzene rings is 1. The summed E-state index contributed by atoms with van der Waals surface area (Å²) in [4.78, 5) is 17.4. The SMILES string of the molecule is CC(C)c1noc(N2CCC(COc3cnc(N4C[C@H](c5cc(F)ccc5F)[C@@H](N)C4)cn3)CC2)n1.Cl. The molecule has 2 fully saturated rings. The number of hydrogen-bond acceptors (Lipinski definition) is 9. The molecular formula is C25H32ClF2N7O2. The molecule has 9 nitrogen and oxygen atoms in total. The number of anilines is 2. The van der Waals surface area contributed by atoms with Crippen molar-refractivity contribution >= 4 is 24.2 Å². The first-order chi connectivity index (χ1) is 17.4. The van der Waals surface area contributed by atoms with E-state index in [0.29, 0.717) is 48.9 Å². The first-order valence-corrected chi connectivity index (χ1v) is 12.4. The molecule has 200 valence electrons. The maximum absolute atomic E-state index is 14.3. The zero-order chi connectivity index (χ0) is 25.2. The van der Waals surface area contributed by atoms with E-state index in [-0.39, 0.29) is 30.3 Å². The molecule has 1 aromatic carbocycles. The number of piperidine rings is 1. The van der Waals surface area contributed by atoms with Crippen molar-refractivity contribution in [2.75, 3.05) is 42.6 Å². The van der Waals surface area contributed by atoms with Crippen molar-refractivity contribution in [1.29, 1.82) is 0 Å². The van der Waals surface area contributed by atoms with E-state index < -0.39 is 11.6 Å². The van der Waals surface area contributed by atoms with Crippen LogP contribution in [-0.4, -0.2) is 58.9 Å². The number of rotatable bonds is 7. The van der Waals surface area contributed by atoms with Crippen LogP contribution in [0.25, 0.3) is 0 Å². The van der Waals surface area contributed by atoms with Crippen molar-refractivity contribution in [3.05, 3.63) is 53.6 Å². The van der Waals surface area contributed by atoms with Crippen molar-refractivity contribution in [2.45, 2.75) is 44.6 Å². The molecule has 2 aromatic heterocycles. The quantitative estimate of drug-likeness (QED) is 0.482. The zero-order valence-electron chi connectivity index (χ0n) is 20.9. The van der Waals surface area contributed by atoms with Crippen LogP contribution < -0.4 is 20.3 Å². The van der Waals surface area contributed by atoms with Crippen LogP contribution in [0.4, 0.5) is 20.6 Å². The predicted octanol–water partition coefficient (Wildman–Crippen LogP) is 3.91. The fourth-order valence-electron chi connectivity index (χ4n) is 4.77. The molecule has 2 aliphatic rings. The van der Waals surface area contributed by atoms with E-state index in [2.05, 4.69) is 25.0 Å². The van der Waals surface area contributed by atoms with Crippen LogP contribution in [0, 0.1) is 17.6 Å². The Morgan fingerprint density at radius 3 is 2.57 bits per heavy atom. The summed E-state index contributed by atoms with van der Waals surface area (Å²) in [5.74, 6) is 1.20. The molecule has 4 heterocycles. The molecule has 0 unspecified atom stereocenters. The molecule has 12 heteroatoms. The second kappa shape index (κ2) is 11.6. The lowest BCUT2D eigenvalue weighted by Gasteiger charge is -2.30. The normalized spacial score (nSPS) is 20.4. The predicted molar refractivity (Wildman–Crippen MR) is 137 cm³/mol. The largest absolute Gasteiger partial charge is 0.476 e. The average Bonchev–Trinajstić information content (AvgIpc) is 3.52. The molecule has 2 saturated heterocycles. The highest BCUT2D eigenvalue weighted by atomic mass is 35.5. The van der Waals surface area contributed by atoms with E-state index in [1.165, 1.54) is 6.07 Å². The highest BCUT2D eigenvalue weighted by molar-refractivity contribution is 5.85. The lowest BCUT2D eigenvalue weighted by atomic mass is 9.94. The summed E-state index contributed by atoms with van der Waals surface area (Å²) in [5, 5.41) is 4.04. The maximum atomic E-state index is 14.3. The molecular weight excluding hydrogens is 504 g/mol. The Morgan fingerprint density at radius 2 is 1.89 bits per heavy atom. The van der Waals surface area contributed by atoms with E-state index in [1.54, 1.807) is 12.4 Å². The summed E-state index contributed by atoms with van der Waals surface area (Å²) < 4.78 is 39.2. The molecule has 37 heavy (non-hydrogen) atoms. The van der Waals surface area contributed by atoms with Crippen molar-refractivity contribution in [3.8, 4) is 5.88 Å². The molecule has 3 aromatic rings. The van der Waals surface area contributed by atoms with Crippen LogP contribution >= 0.6 is 12.4 Å². The first-order valence-electron chi connectivity index (χ1n) is 12.4. The fourth-order valence-corrected chi connectivity index (χ4v) is 4.77. The number of halogens is 3. The second-order valence-corrected chi connectivity index (χ2v) is 9.89. The van der Waals surface area contributed by atoms with E-state index >= 15 is 0 Å². The number of aromatic nitrogens is 4. The molecule has 0 spiro atoms. The first kappa shape index (κ1) is 27.0. The topological polar surface area (TPSA) is 106 Å². The van der Waals surface area contributed by atoms with Gasteiger partial charge in [-0.2, -0.15) is 4.98 Å². The Balaban J connectivity index is 0.00000320. The van der Waals surface area contributed by atoms with Gasteiger partial charge in [0.05, 0.1) is 19.0 Å². The molecule has 0 aliphatic carbocycles. The van der Waals surface area contributed by atoms with Gasteiger partial charge in [-0.25, -0.2) is 18.7 Å². The monoisotopic (exact) mass is 535 g/mol. The summed E-state index contributed by atoms with van der Waals surface area (Å²) >= 11 is 0. The van der Waals surface area contributed by atoms with Gasteiger partial charge in [0.1, 0.15) is 17.5 Å². The van der Waals surface area contributed by atoms with Crippen LogP contribution in [0.5, 0.6) is 5.88 Å². The van der Waals surface area contributed by atoms with Crippen LogP contribution in [0.15, 0.2) is 35.1 Å². The summed E-state index contributed by atoms with van der Waals surface area (Å²) in [7, 11) is 0. The molecule has 2 aliphatic heterocycles. The molecule has 5 rings (SSSR count). The maximum Gasteiger partial charge on any atom is 0.324 e. The van der Waals surface area contributed by atoms with E-state index in [4.69, 9.17) is 15.0 Å². The Morgan fingerprint density at radius 1 is 1.11 bits per heavy atom. The fraction of sp³-hybridized carbons (Fsp3) is 0.520. The van der Waals surface area contributed by atoms with Crippen LogP contribution in [0.3, 0.4) is 0 Å². The van der Waals surface area contributed by atoms with E-state index in [9.17, 15) is 8.78 Å². The van der Waals surface area contributed by atoms with Crippen molar-refractivity contribution in [3.63, 3.8) is 0 Å². The van der Waals surface area contributed by atoms with Gasteiger partial charge in [0.25, 0.3) is 0 Å². The summed E-state index contributed by atoms with van der Waals surface area (Å²) in [6, 6.07) is 3.73. The van der Waals surface area contributed by atoms with Crippen molar-refractivity contribution in [1.82, 2.24) is 20.1 Å². The lowest BCUT2D eigenvalue weighted by Crippen LogP contribution is -2.35. The van der Waals surface area contributed by atoms with E-state index in [1.807, 2.05) is 18.7 Å². The smallest absolute Gasteiger partial charge is 0.324 e. The Hall–Kier alpha value is -3.05. The standard InChI is InChI=1S/C25H31F2N7O2.ClH/c1-15(2)24-31-25(36-32-24)33-7-5-16(6-8-33)14-35-23-11-29-22(10-30-23)34-12-19(21(28)13-34)18-9-17(26)3-4-20(18)27;/h3-4,9-11,15-16,19,21H,5-8,12-14,28H2,1-2H3;1H/t19-,21+;/m1./s1. The van der Waals surface area contributed by atoms with Crippen molar-refractivity contribution in [2.24, 2.45) is 11.7 Å². The Bertz CT molecular complexity index is 1170. The Kier molecular flexibility index (Phi) is 8.43. The molecule has 0 radical (unpaired) electrons. The van der Waals surface area contributed by atoms with Crippen LogP contribution in [0.2, 0.25) is 0 Å². The van der Waals surface area contributed by atoms with Gasteiger partial charge in [0, 0.05) is 44.1 Å². The number of nitrogens with two attached hydrogens (primary N) is 1. The van der Waals surface area contributed by atoms with Crippen LogP contribution in [0.1, 0.15) is 49.9 Å². The second-order valence-electron chi connectivity index (χ2n) is 9.89. The third-order valence-corrected chi connectivity index (χ3v) is 6.96. The van der Waals surface area contributed by atoms with Crippen LogP contribution in [-0.2, 0) is 0 Å². The summed E-state index contributed by atoms with van der Waals surface area (Å²) in [5.41, 5.74) is 6.55. The van der Waals surface area contributed by atoms with Gasteiger partial charge in [0.2, 0.25) is 5.88 Å². The number of ether oxygens (including phenoxy) is 1. The summed E-state index contributed by atoms with van der Waals surface area (Å²) in [6.45, 7) is 7.22. The molecule has 2 atom stereocenters. The third kappa shape index (κ3) is 6.10. The Labute approximate surface area is 220 Å².